The van der Waals surface area contributed by atoms with Gasteiger partial charge in [-0.25, -0.2) is 4.98 Å². The number of nitrogens with zero attached hydrogens (tertiary/aromatic N) is 1. The molecule has 0 unspecified atom stereocenters. The van der Waals surface area contributed by atoms with Crippen molar-refractivity contribution in [3.63, 3.8) is 0 Å². The summed E-state index contributed by atoms with van der Waals surface area (Å²) in [6.07, 6.45) is -4.45. The van der Waals surface area contributed by atoms with E-state index < -0.39 is 11.7 Å². The molecule has 1 aromatic heterocycles. The topological polar surface area (TPSA) is 38.9 Å². The van der Waals surface area contributed by atoms with E-state index in [2.05, 4.69) is 4.98 Å². The van der Waals surface area contributed by atoms with Crippen LogP contribution in [0.3, 0.4) is 0 Å². The third kappa shape index (κ3) is 2.69. The van der Waals surface area contributed by atoms with Crippen molar-refractivity contribution in [2.45, 2.75) is 6.18 Å². The first-order chi connectivity index (χ1) is 9.84. The van der Waals surface area contributed by atoms with Crippen LogP contribution in [0.1, 0.15) is 5.56 Å². The Kier molecular flexibility index (Phi) is 3.30. The molecule has 0 saturated heterocycles. The Bertz CT molecular complexity index is 827. The molecule has 108 valence electrons. The predicted molar refractivity (Wildman–Crippen MR) is 79.5 cm³/mol. The van der Waals surface area contributed by atoms with Gasteiger partial charge in [-0.1, -0.05) is 17.7 Å². The molecule has 0 aliphatic carbocycles. The quantitative estimate of drug-likeness (QED) is 0.622. The highest BCUT2D eigenvalue weighted by atomic mass is 35.5. The van der Waals surface area contributed by atoms with Crippen molar-refractivity contribution < 1.29 is 13.2 Å². The maximum Gasteiger partial charge on any atom is 0.416 e. The molecule has 0 saturated carbocycles. The van der Waals surface area contributed by atoms with Gasteiger partial charge in [-0.2, -0.15) is 13.2 Å². The third-order valence-corrected chi connectivity index (χ3v) is 4.48. The second-order valence-electron chi connectivity index (χ2n) is 4.45. The van der Waals surface area contributed by atoms with Crippen molar-refractivity contribution in [1.82, 2.24) is 4.98 Å². The summed E-state index contributed by atoms with van der Waals surface area (Å²) in [7, 11) is 0. The number of alkyl halides is 3. The number of fused-ring (bicyclic) bond motifs is 1. The Hall–Kier alpha value is -1.79. The zero-order valence-corrected chi connectivity index (χ0v) is 12.0. The van der Waals surface area contributed by atoms with Crippen LogP contribution in [0.15, 0.2) is 36.4 Å². The number of thiazole rings is 1. The van der Waals surface area contributed by atoms with Gasteiger partial charge in [0.2, 0.25) is 0 Å². The predicted octanol–water partition coefficient (Wildman–Crippen LogP) is 5.22. The summed E-state index contributed by atoms with van der Waals surface area (Å²) in [5.41, 5.74) is 5.81. The van der Waals surface area contributed by atoms with Crippen molar-refractivity contribution in [3.8, 4) is 10.6 Å². The highest BCUT2D eigenvalue weighted by Gasteiger charge is 2.31. The van der Waals surface area contributed by atoms with E-state index in [9.17, 15) is 13.2 Å². The highest BCUT2D eigenvalue weighted by Crippen LogP contribution is 2.38. The van der Waals surface area contributed by atoms with Crippen LogP contribution >= 0.6 is 22.9 Å². The van der Waals surface area contributed by atoms with Crippen LogP contribution in [0.2, 0.25) is 5.02 Å². The van der Waals surface area contributed by atoms with E-state index in [0.29, 0.717) is 21.1 Å². The highest BCUT2D eigenvalue weighted by molar-refractivity contribution is 7.22. The molecule has 7 heteroatoms. The van der Waals surface area contributed by atoms with Crippen LogP contribution < -0.4 is 5.73 Å². The zero-order chi connectivity index (χ0) is 15.2. The lowest BCUT2D eigenvalue weighted by Crippen LogP contribution is -2.05. The zero-order valence-electron chi connectivity index (χ0n) is 10.4. The van der Waals surface area contributed by atoms with Crippen LogP contribution in [0, 0.1) is 0 Å². The number of rotatable bonds is 1. The van der Waals surface area contributed by atoms with Gasteiger partial charge in [-0.3, -0.25) is 0 Å². The summed E-state index contributed by atoms with van der Waals surface area (Å²) in [6, 6.07) is 8.64. The van der Waals surface area contributed by atoms with E-state index in [1.54, 1.807) is 18.2 Å². The number of benzene rings is 2. The lowest BCUT2D eigenvalue weighted by Gasteiger charge is -2.09. The monoisotopic (exact) mass is 328 g/mol. The van der Waals surface area contributed by atoms with Crippen molar-refractivity contribution in [3.05, 3.63) is 47.0 Å². The summed E-state index contributed by atoms with van der Waals surface area (Å²) in [5, 5.41) is 0.979. The molecule has 1 heterocycles. The fraction of sp³-hybridized carbons (Fsp3) is 0.0714. The van der Waals surface area contributed by atoms with Gasteiger partial charge >= 0.3 is 6.18 Å². The van der Waals surface area contributed by atoms with Crippen molar-refractivity contribution >= 4 is 38.8 Å². The van der Waals surface area contributed by atoms with E-state index in [4.69, 9.17) is 17.3 Å². The molecule has 0 atom stereocenters. The average Bonchev–Trinajstić information content (AvgIpc) is 2.82. The fourth-order valence-corrected chi connectivity index (χ4v) is 3.22. The molecule has 0 fully saturated rings. The van der Waals surface area contributed by atoms with E-state index in [1.165, 1.54) is 17.4 Å². The molecule has 0 spiro atoms. The number of hydrogen-bond donors (Lipinski definition) is 1. The second-order valence-corrected chi connectivity index (χ2v) is 5.85. The standard InChI is InChI=1S/C14H8ClF3N2S/c15-10-2-1-3-11-12(10)21-13(20-11)7-4-8(14(16,17)18)6-9(19)5-7/h1-6H,19H2. The van der Waals surface area contributed by atoms with Crippen molar-refractivity contribution in [2.24, 2.45) is 0 Å². The van der Waals surface area contributed by atoms with Gasteiger partial charge in [0.1, 0.15) is 5.01 Å². The number of anilines is 1. The lowest BCUT2D eigenvalue weighted by atomic mass is 10.1. The molecule has 2 nitrogen and oxygen atoms in total. The molecule has 0 radical (unpaired) electrons. The maximum atomic E-state index is 12.8. The SMILES string of the molecule is Nc1cc(-c2nc3cccc(Cl)c3s2)cc(C(F)(F)F)c1. The molecule has 0 aliphatic heterocycles. The smallest absolute Gasteiger partial charge is 0.399 e. The minimum absolute atomic E-state index is 0.0465. The van der Waals surface area contributed by atoms with Gasteiger partial charge in [0.25, 0.3) is 0 Å². The number of hydrogen-bond acceptors (Lipinski definition) is 3. The van der Waals surface area contributed by atoms with Crippen LogP contribution in [0.5, 0.6) is 0 Å². The Balaban J connectivity index is 2.18. The summed E-state index contributed by atoms with van der Waals surface area (Å²) in [5.74, 6) is 0. The van der Waals surface area contributed by atoms with E-state index in [0.717, 1.165) is 16.8 Å². The average molecular weight is 329 g/mol. The number of nitrogens with two attached hydrogens (primary N) is 1. The molecule has 3 aromatic rings. The molecule has 0 amide bonds. The van der Waals surface area contributed by atoms with E-state index >= 15 is 0 Å². The van der Waals surface area contributed by atoms with Crippen LogP contribution in [-0.2, 0) is 6.18 Å². The Morgan fingerprint density at radius 2 is 1.90 bits per heavy atom. The van der Waals surface area contributed by atoms with E-state index in [1.807, 2.05) is 0 Å². The number of halogens is 4. The minimum atomic E-state index is -4.45. The Labute approximate surface area is 127 Å². The molecule has 0 bridgehead atoms. The van der Waals surface area contributed by atoms with Gasteiger partial charge in [0.15, 0.2) is 0 Å². The molecular formula is C14H8ClF3N2S. The summed E-state index contributed by atoms with van der Waals surface area (Å²) in [4.78, 5) is 4.32. The molecule has 2 aromatic carbocycles. The number of nitrogen functional groups attached to an aromatic ring is 1. The van der Waals surface area contributed by atoms with Gasteiger partial charge < -0.3 is 5.73 Å². The van der Waals surface area contributed by atoms with Crippen LogP contribution in [-0.4, -0.2) is 4.98 Å². The molecule has 2 N–H and O–H groups in total. The molecule has 21 heavy (non-hydrogen) atoms. The Morgan fingerprint density at radius 1 is 1.14 bits per heavy atom. The van der Waals surface area contributed by atoms with Crippen molar-refractivity contribution in [2.75, 3.05) is 5.73 Å². The maximum absolute atomic E-state index is 12.8. The van der Waals surface area contributed by atoms with Gasteiger partial charge in [-0.15, -0.1) is 11.3 Å². The first-order valence-electron chi connectivity index (χ1n) is 5.88. The summed E-state index contributed by atoms with van der Waals surface area (Å²) in [6.45, 7) is 0. The molecule has 3 rings (SSSR count). The Morgan fingerprint density at radius 3 is 2.57 bits per heavy atom. The second kappa shape index (κ2) is 4.89. The lowest BCUT2D eigenvalue weighted by molar-refractivity contribution is -0.137. The first kappa shape index (κ1) is 14.2. The van der Waals surface area contributed by atoms with Gasteiger partial charge in [0, 0.05) is 11.3 Å². The first-order valence-corrected chi connectivity index (χ1v) is 7.07. The molecule has 0 aliphatic rings. The summed E-state index contributed by atoms with van der Waals surface area (Å²) >= 11 is 7.30. The van der Waals surface area contributed by atoms with Crippen molar-refractivity contribution in [1.29, 1.82) is 0 Å². The van der Waals surface area contributed by atoms with Gasteiger partial charge in [0.05, 0.1) is 20.8 Å². The number of aromatic nitrogens is 1. The normalized spacial score (nSPS) is 12.0. The minimum Gasteiger partial charge on any atom is -0.399 e. The van der Waals surface area contributed by atoms with Crippen LogP contribution in [0.25, 0.3) is 20.8 Å². The summed E-state index contributed by atoms with van der Waals surface area (Å²) < 4.78 is 39.3. The largest absolute Gasteiger partial charge is 0.416 e. The third-order valence-electron chi connectivity index (χ3n) is 2.90. The fourth-order valence-electron chi connectivity index (χ4n) is 1.98. The van der Waals surface area contributed by atoms with Gasteiger partial charge in [-0.05, 0) is 30.3 Å². The van der Waals surface area contributed by atoms with E-state index in [-0.39, 0.29) is 5.69 Å². The molecular weight excluding hydrogens is 321 g/mol. The van der Waals surface area contributed by atoms with Crippen LogP contribution in [0.4, 0.5) is 18.9 Å².